The minimum atomic E-state index is 0.184. The molecule has 0 aliphatic rings. The summed E-state index contributed by atoms with van der Waals surface area (Å²) in [6, 6.07) is 56.3. The van der Waals surface area contributed by atoms with E-state index in [-0.39, 0.29) is 6.71 Å². The monoisotopic (exact) mass is 459 g/mol. The molecule has 0 amide bonds. The molecule has 6 aromatic rings. The van der Waals surface area contributed by atoms with Crippen molar-refractivity contribution in [3.63, 3.8) is 0 Å². The van der Waals surface area contributed by atoms with Crippen LogP contribution in [-0.4, -0.2) is 6.71 Å². The molecule has 0 N–H and O–H groups in total. The standard InChI is InChI=1S/C34H26BN/c1-4-15-28(16-5-1)35(29-17-6-2-7-18-29)30-23-25-32(26-24-30)36(31-19-8-3-9-20-31)34-22-12-14-27-13-10-11-21-33(27)34/h1-26H. The zero-order valence-electron chi connectivity index (χ0n) is 20.0. The van der Waals surface area contributed by atoms with Crippen molar-refractivity contribution < 1.29 is 0 Å². The third-order valence-corrected chi connectivity index (χ3v) is 6.77. The summed E-state index contributed by atoms with van der Waals surface area (Å²) in [5.74, 6) is 0. The van der Waals surface area contributed by atoms with Gasteiger partial charge < -0.3 is 4.90 Å². The van der Waals surface area contributed by atoms with Gasteiger partial charge in [-0.05, 0) is 35.7 Å². The largest absolute Gasteiger partial charge is 0.310 e. The lowest BCUT2D eigenvalue weighted by molar-refractivity contribution is 1.30. The lowest BCUT2D eigenvalue weighted by atomic mass is 9.37. The molecule has 0 saturated heterocycles. The Morgan fingerprint density at radius 2 is 0.833 bits per heavy atom. The molecular weight excluding hydrogens is 433 g/mol. The maximum Gasteiger partial charge on any atom is 0.241 e. The predicted octanol–water partition coefficient (Wildman–Crippen LogP) is 6.83. The first-order valence-electron chi connectivity index (χ1n) is 12.4. The second-order valence-electron chi connectivity index (χ2n) is 9.02. The highest BCUT2D eigenvalue weighted by molar-refractivity contribution is 6.95. The van der Waals surface area contributed by atoms with Gasteiger partial charge in [-0.25, -0.2) is 0 Å². The molecule has 0 aliphatic heterocycles. The molecule has 6 aromatic carbocycles. The van der Waals surface area contributed by atoms with Gasteiger partial charge in [0.1, 0.15) is 0 Å². The maximum atomic E-state index is 2.35. The van der Waals surface area contributed by atoms with E-state index in [1.807, 2.05) is 0 Å². The van der Waals surface area contributed by atoms with Crippen molar-refractivity contribution >= 4 is 50.9 Å². The Morgan fingerprint density at radius 3 is 1.47 bits per heavy atom. The number of benzene rings is 6. The summed E-state index contributed by atoms with van der Waals surface area (Å²) in [5, 5.41) is 2.47. The highest BCUT2D eigenvalue weighted by Gasteiger charge is 2.22. The van der Waals surface area contributed by atoms with Crippen molar-refractivity contribution in [2.45, 2.75) is 0 Å². The molecule has 0 spiro atoms. The average Bonchev–Trinajstić information content (AvgIpc) is 2.96. The van der Waals surface area contributed by atoms with Gasteiger partial charge in [0.05, 0.1) is 5.69 Å². The van der Waals surface area contributed by atoms with Crippen LogP contribution in [0.25, 0.3) is 10.8 Å². The summed E-state index contributed by atoms with van der Waals surface area (Å²) in [5.41, 5.74) is 7.33. The third-order valence-electron chi connectivity index (χ3n) is 6.77. The van der Waals surface area contributed by atoms with Gasteiger partial charge in [0.25, 0.3) is 0 Å². The summed E-state index contributed by atoms with van der Waals surface area (Å²) in [7, 11) is 0. The minimum absolute atomic E-state index is 0.184. The molecule has 0 radical (unpaired) electrons. The van der Waals surface area contributed by atoms with E-state index in [0.717, 1.165) is 11.4 Å². The molecular formula is C34H26BN. The summed E-state index contributed by atoms with van der Waals surface area (Å²) in [4.78, 5) is 2.35. The first-order valence-corrected chi connectivity index (χ1v) is 12.4. The van der Waals surface area contributed by atoms with E-state index in [1.54, 1.807) is 0 Å². The van der Waals surface area contributed by atoms with Crippen molar-refractivity contribution in [3.8, 4) is 0 Å². The second kappa shape index (κ2) is 9.97. The van der Waals surface area contributed by atoms with Gasteiger partial charge in [-0.3, -0.25) is 0 Å². The quantitative estimate of drug-likeness (QED) is 0.247. The van der Waals surface area contributed by atoms with E-state index in [1.165, 1.54) is 32.8 Å². The molecule has 36 heavy (non-hydrogen) atoms. The van der Waals surface area contributed by atoms with E-state index in [9.17, 15) is 0 Å². The molecule has 6 rings (SSSR count). The Bertz CT molecular complexity index is 1520. The van der Waals surface area contributed by atoms with Gasteiger partial charge in [-0.15, -0.1) is 0 Å². The van der Waals surface area contributed by atoms with Crippen molar-refractivity contribution in [1.29, 1.82) is 0 Å². The van der Waals surface area contributed by atoms with Crippen LogP contribution in [0.2, 0.25) is 0 Å². The van der Waals surface area contributed by atoms with Gasteiger partial charge in [0, 0.05) is 16.8 Å². The SMILES string of the molecule is c1ccc(B(c2ccccc2)c2ccc(N(c3ccccc3)c3cccc4ccccc34)cc2)cc1. The number of hydrogen-bond donors (Lipinski definition) is 0. The number of para-hydroxylation sites is 1. The molecule has 170 valence electrons. The normalized spacial score (nSPS) is 10.8. The number of fused-ring (bicyclic) bond motifs is 1. The number of rotatable bonds is 6. The van der Waals surface area contributed by atoms with Gasteiger partial charge >= 0.3 is 0 Å². The Kier molecular flexibility index (Phi) is 6.08. The summed E-state index contributed by atoms with van der Waals surface area (Å²) in [6.45, 7) is 0.184. The van der Waals surface area contributed by atoms with Crippen LogP contribution in [0.1, 0.15) is 0 Å². The fraction of sp³-hybridized carbons (Fsp3) is 0. The number of anilines is 3. The third kappa shape index (κ3) is 4.30. The maximum absolute atomic E-state index is 2.35. The zero-order valence-corrected chi connectivity index (χ0v) is 20.0. The van der Waals surface area contributed by atoms with Gasteiger partial charge in [-0.1, -0.05) is 144 Å². The van der Waals surface area contributed by atoms with E-state index >= 15 is 0 Å². The van der Waals surface area contributed by atoms with E-state index in [4.69, 9.17) is 0 Å². The molecule has 0 heterocycles. The Balaban J connectivity index is 1.47. The second-order valence-corrected chi connectivity index (χ2v) is 9.02. The Hall–Kier alpha value is -4.56. The van der Waals surface area contributed by atoms with Crippen molar-refractivity contribution in [2.24, 2.45) is 0 Å². The summed E-state index contributed by atoms with van der Waals surface area (Å²) < 4.78 is 0. The van der Waals surface area contributed by atoms with Crippen LogP contribution in [0, 0.1) is 0 Å². The Morgan fingerprint density at radius 1 is 0.361 bits per heavy atom. The molecule has 0 fully saturated rings. The first-order chi connectivity index (χ1) is 17.9. The summed E-state index contributed by atoms with van der Waals surface area (Å²) >= 11 is 0. The fourth-order valence-corrected chi connectivity index (χ4v) is 5.09. The molecule has 0 aliphatic carbocycles. The van der Waals surface area contributed by atoms with Crippen LogP contribution in [0.4, 0.5) is 17.1 Å². The average molecular weight is 459 g/mol. The van der Waals surface area contributed by atoms with Crippen molar-refractivity contribution in [1.82, 2.24) is 0 Å². The number of hydrogen-bond acceptors (Lipinski definition) is 1. The summed E-state index contributed by atoms with van der Waals surface area (Å²) in [6.07, 6.45) is 0. The molecule has 0 aromatic heterocycles. The van der Waals surface area contributed by atoms with Gasteiger partial charge in [-0.2, -0.15) is 0 Å². The van der Waals surface area contributed by atoms with E-state index in [2.05, 4.69) is 163 Å². The molecule has 0 saturated carbocycles. The van der Waals surface area contributed by atoms with Crippen molar-refractivity contribution in [2.75, 3.05) is 4.90 Å². The van der Waals surface area contributed by atoms with Crippen LogP contribution in [0.15, 0.2) is 158 Å². The topological polar surface area (TPSA) is 3.24 Å². The van der Waals surface area contributed by atoms with Crippen molar-refractivity contribution in [3.05, 3.63) is 158 Å². The van der Waals surface area contributed by atoms with Gasteiger partial charge in [0.15, 0.2) is 0 Å². The van der Waals surface area contributed by atoms with E-state index in [0.29, 0.717) is 0 Å². The molecule has 2 heteroatoms. The van der Waals surface area contributed by atoms with Crippen LogP contribution in [-0.2, 0) is 0 Å². The van der Waals surface area contributed by atoms with Crippen LogP contribution < -0.4 is 21.3 Å². The molecule has 1 nitrogen and oxygen atoms in total. The smallest absolute Gasteiger partial charge is 0.241 e. The molecule has 0 atom stereocenters. The van der Waals surface area contributed by atoms with Crippen LogP contribution in [0.3, 0.4) is 0 Å². The lowest BCUT2D eigenvalue weighted by Gasteiger charge is -2.27. The fourth-order valence-electron chi connectivity index (χ4n) is 5.09. The molecule has 0 unspecified atom stereocenters. The highest BCUT2D eigenvalue weighted by atomic mass is 15.1. The number of nitrogens with zero attached hydrogens (tertiary/aromatic N) is 1. The lowest BCUT2D eigenvalue weighted by Crippen LogP contribution is -2.51. The zero-order chi connectivity index (χ0) is 24.2. The van der Waals surface area contributed by atoms with E-state index < -0.39 is 0 Å². The highest BCUT2D eigenvalue weighted by Crippen LogP contribution is 2.38. The Labute approximate surface area is 213 Å². The molecule has 0 bridgehead atoms. The predicted molar refractivity (Wildman–Crippen MR) is 156 cm³/mol. The minimum Gasteiger partial charge on any atom is -0.310 e. The van der Waals surface area contributed by atoms with Gasteiger partial charge in [0.2, 0.25) is 6.71 Å². The van der Waals surface area contributed by atoms with Crippen LogP contribution >= 0.6 is 0 Å². The van der Waals surface area contributed by atoms with Crippen LogP contribution in [0.5, 0.6) is 0 Å². The first kappa shape index (κ1) is 21.9.